The van der Waals surface area contributed by atoms with E-state index in [1.807, 2.05) is 67.1 Å². The van der Waals surface area contributed by atoms with Crippen molar-refractivity contribution < 1.29 is 14.3 Å². The number of benzene rings is 2. The van der Waals surface area contributed by atoms with E-state index in [1.54, 1.807) is 11.8 Å². The summed E-state index contributed by atoms with van der Waals surface area (Å²) in [5, 5.41) is 1.36. The molecule has 2 aromatic carbocycles. The predicted octanol–water partition coefficient (Wildman–Crippen LogP) is 5.43. The molecule has 0 unspecified atom stereocenters. The number of nitrogens with zero attached hydrogens (tertiary/aromatic N) is 1. The van der Waals surface area contributed by atoms with Gasteiger partial charge in [-0.25, -0.2) is 4.79 Å². The lowest BCUT2D eigenvalue weighted by atomic mass is 10.2. The Kier molecular flexibility index (Phi) is 6.11. The largest absolute Gasteiger partial charge is 0.489 e. The highest BCUT2D eigenvalue weighted by Gasteiger charge is 2.23. The van der Waals surface area contributed by atoms with Gasteiger partial charge in [0, 0.05) is 28.1 Å². The molecule has 142 valence electrons. The molecular weight excluding hydrogens is 358 g/mol. The lowest BCUT2D eigenvalue weighted by molar-refractivity contribution is 0.0511. The molecule has 0 N–H and O–H groups in total. The lowest BCUT2D eigenvalue weighted by Gasteiger charge is -2.09. The van der Waals surface area contributed by atoms with Gasteiger partial charge in [0.05, 0.1) is 6.61 Å². The lowest BCUT2D eigenvalue weighted by Crippen LogP contribution is -2.11. The van der Waals surface area contributed by atoms with Crippen LogP contribution in [-0.4, -0.2) is 22.4 Å². The number of carbonyl (C=O) groups excluding carboxylic acids is 1. The summed E-state index contributed by atoms with van der Waals surface area (Å²) in [5.74, 6) is 0.504. The molecular formula is C22H25NO3S. The number of thioether (sulfide) groups is 1. The second-order valence-electron chi connectivity index (χ2n) is 6.58. The predicted molar refractivity (Wildman–Crippen MR) is 111 cm³/mol. The van der Waals surface area contributed by atoms with Crippen LogP contribution in [0.25, 0.3) is 10.9 Å². The van der Waals surface area contributed by atoms with Gasteiger partial charge < -0.3 is 14.0 Å². The van der Waals surface area contributed by atoms with Crippen molar-refractivity contribution in [2.75, 3.05) is 6.61 Å². The van der Waals surface area contributed by atoms with Crippen LogP contribution >= 0.6 is 11.8 Å². The fraction of sp³-hybridized carbons (Fsp3) is 0.318. The average Bonchev–Trinajstić information content (AvgIpc) is 2.92. The first-order chi connectivity index (χ1) is 13.0. The molecule has 0 aliphatic carbocycles. The number of fused-ring (bicyclic) bond motifs is 1. The summed E-state index contributed by atoms with van der Waals surface area (Å²) in [5.41, 5.74) is 2.72. The Bertz CT molecular complexity index is 932. The first-order valence-corrected chi connectivity index (χ1v) is 10.0. The summed E-state index contributed by atoms with van der Waals surface area (Å²) < 4.78 is 13.2. The number of aromatic nitrogens is 1. The van der Waals surface area contributed by atoms with E-state index in [1.165, 1.54) is 0 Å². The van der Waals surface area contributed by atoms with Gasteiger partial charge in [-0.2, -0.15) is 0 Å². The van der Waals surface area contributed by atoms with Crippen molar-refractivity contribution in [1.82, 2.24) is 4.57 Å². The fourth-order valence-corrected chi connectivity index (χ4v) is 4.10. The van der Waals surface area contributed by atoms with Crippen molar-refractivity contribution in [3.8, 4) is 5.75 Å². The van der Waals surface area contributed by atoms with Crippen molar-refractivity contribution in [2.45, 2.75) is 37.5 Å². The monoisotopic (exact) mass is 383 g/mol. The standard InChI is InChI=1S/C22H25NO3S/c1-5-25-22(24)20-21(27-15(2)3)18-13-17(11-12-19(18)23(20)4)26-14-16-9-7-6-8-10-16/h6-13,15H,5,14H2,1-4H3. The van der Waals surface area contributed by atoms with Crippen LogP contribution < -0.4 is 4.74 Å². The van der Waals surface area contributed by atoms with E-state index in [0.29, 0.717) is 24.2 Å². The molecule has 4 nitrogen and oxygen atoms in total. The normalized spacial score (nSPS) is 11.1. The van der Waals surface area contributed by atoms with Crippen molar-refractivity contribution in [1.29, 1.82) is 0 Å². The van der Waals surface area contributed by atoms with Gasteiger partial charge in [-0.15, -0.1) is 11.8 Å². The van der Waals surface area contributed by atoms with Gasteiger partial charge >= 0.3 is 5.97 Å². The quantitative estimate of drug-likeness (QED) is 0.403. The number of esters is 1. The molecule has 0 fully saturated rings. The van der Waals surface area contributed by atoms with E-state index < -0.39 is 0 Å². The van der Waals surface area contributed by atoms with Gasteiger partial charge in [-0.1, -0.05) is 44.2 Å². The smallest absolute Gasteiger partial charge is 0.356 e. The zero-order valence-corrected chi connectivity index (χ0v) is 17.0. The number of aryl methyl sites for hydroxylation is 1. The van der Waals surface area contributed by atoms with E-state index in [4.69, 9.17) is 9.47 Å². The zero-order chi connectivity index (χ0) is 19.4. The zero-order valence-electron chi connectivity index (χ0n) is 16.2. The Labute approximate surface area is 164 Å². The molecule has 3 aromatic rings. The van der Waals surface area contributed by atoms with Crippen LogP contribution in [0.3, 0.4) is 0 Å². The highest BCUT2D eigenvalue weighted by molar-refractivity contribution is 8.00. The molecule has 0 saturated carbocycles. The van der Waals surface area contributed by atoms with Crippen molar-refractivity contribution in [3.05, 3.63) is 59.8 Å². The first-order valence-electron chi connectivity index (χ1n) is 9.14. The van der Waals surface area contributed by atoms with Gasteiger partial charge in [0.15, 0.2) is 0 Å². The number of ether oxygens (including phenoxy) is 2. The van der Waals surface area contributed by atoms with E-state index in [2.05, 4.69) is 13.8 Å². The molecule has 0 aliphatic rings. The molecule has 27 heavy (non-hydrogen) atoms. The Morgan fingerprint density at radius 2 is 1.89 bits per heavy atom. The van der Waals surface area contributed by atoms with Crippen molar-refractivity contribution >= 4 is 28.6 Å². The van der Waals surface area contributed by atoms with Crippen LogP contribution in [0.5, 0.6) is 5.75 Å². The topological polar surface area (TPSA) is 40.5 Å². The molecule has 0 spiro atoms. The van der Waals surface area contributed by atoms with Crippen LogP contribution in [0.15, 0.2) is 53.4 Å². The Morgan fingerprint density at radius 3 is 2.56 bits per heavy atom. The molecule has 0 bridgehead atoms. The molecule has 1 aromatic heterocycles. The third-order valence-electron chi connectivity index (χ3n) is 4.20. The van der Waals surface area contributed by atoms with Crippen LogP contribution in [0.2, 0.25) is 0 Å². The van der Waals surface area contributed by atoms with Crippen LogP contribution in [0.4, 0.5) is 0 Å². The molecule has 0 radical (unpaired) electrons. The summed E-state index contributed by atoms with van der Waals surface area (Å²) in [7, 11) is 1.91. The number of hydrogen-bond acceptors (Lipinski definition) is 4. The Morgan fingerprint density at radius 1 is 1.15 bits per heavy atom. The second-order valence-corrected chi connectivity index (χ2v) is 8.16. The van der Waals surface area contributed by atoms with Crippen LogP contribution in [-0.2, 0) is 18.4 Å². The van der Waals surface area contributed by atoms with Gasteiger partial charge in [-0.3, -0.25) is 0 Å². The van der Waals surface area contributed by atoms with Crippen molar-refractivity contribution in [3.63, 3.8) is 0 Å². The average molecular weight is 384 g/mol. The fourth-order valence-electron chi connectivity index (χ4n) is 3.00. The molecule has 5 heteroatoms. The highest BCUT2D eigenvalue weighted by atomic mass is 32.2. The maximum absolute atomic E-state index is 12.5. The van der Waals surface area contributed by atoms with Crippen LogP contribution in [0.1, 0.15) is 36.8 Å². The summed E-state index contributed by atoms with van der Waals surface area (Å²) in [6.45, 7) is 6.93. The molecule has 0 amide bonds. The summed E-state index contributed by atoms with van der Waals surface area (Å²) >= 11 is 1.68. The highest BCUT2D eigenvalue weighted by Crippen LogP contribution is 2.38. The summed E-state index contributed by atoms with van der Waals surface area (Å²) in [6.07, 6.45) is 0. The number of hydrogen-bond donors (Lipinski definition) is 0. The Hall–Kier alpha value is -2.40. The van der Waals surface area contributed by atoms with E-state index in [-0.39, 0.29) is 5.97 Å². The Balaban J connectivity index is 1.99. The second kappa shape index (κ2) is 8.53. The SMILES string of the molecule is CCOC(=O)c1c(SC(C)C)c2cc(OCc3ccccc3)ccc2n1C. The van der Waals surface area contributed by atoms with Gasteiger partial charge in [0.25, 0.3) is 0 Å². The molecule has 1 heterocycles. The van der Waals surface area contributed by atoms with Gasteiger partial charge in [0.1, 0.15) is 18.1 Å². The first kappa shape index (κ1) is 19.4. The summed E-state index contributed by atoms with van der Waals surface area (Å²) in [6, 6.07) is 16.1. The third-order valence-corrected chi connectivity index (χ3v) is 5.32. The number of carbonyl (C=O) groups is 1. The minimum absolute atomic E-state index is 0.286. The summed E-state index contributed by atoms with van der Waals surface area (Å²) in [4.78, 5) is 13.5. The maximum atomic E-state index is 12.5. The maximum Gasteiger partial charge on any atom is 0.356 e. The van der Waals surface area contributed by atoms with E-state index in [9.17, 15) is 4.79 Å². The van der Waals surface area contributed by atoms with Crippen molar-refractivity contribution in [2.24, 2.45) is 7.05 Å². The molecule has 0 aliphatic heterocycles. The molecule has 0 saturated heterocycles. The van der Waals surface area contributed by atoms with Gasteiger partial charge in [0.2, 0.25) is 0 Å². The van der Waals surface area contributed by atoms with Gasteiger partial charge in [-0.05, 0) is 30.7 Å². The van der Waals surface area contributed by atoms with Crippen LogP contribution in [0, 0.1) is 0 Å². The minimum atomic E-state index is -0.286. The molecule has 3 rings (SSSR count). The van der Waals surface area contributed by atoms with E-state index >= 15 is 0 Å². The third kappa shape index (κ3) is 4.30. The minimum Gasteiger partial charge on any atom is -0.489 e. The molecule has 0 atom stereocenters. The number of rotatable bonds is 7. The van der Waals surface area contributed by atoms with E-state index in [0.717, 1.165) is 27.1 Å².